The highest BCUT2D eigenvalue weighted by molar-refractivity contribution is 5.93. The summed E-state index contributed by atoms with van der Waals surface area (Å²) in [5, 5.41) is 11.9. The zero-order valence-corrected chi connectivity index (χ0v) is 8.38. The number of halogens is 1. The SMILES string of the molecule is C[C@H](O)c1cc2c(cc1F)NC(=O)CC2. The van der Waals surface area contributed by atoms with Gasteiger partial charge in [0, 0.05) is 17.7 Å². The first kappa shape index (κ1) is 10.1. The molecule has 1 aliphatic rings. The van der Waals surface area contributed by atoms with Crippen LogP contribution in [0.5, 0.6) is 0 Å². The summed E-state index contributed by atoms with van der Waals surface area (Å²) in [5.41, 5.74) is 1.69. The van der Waals surface area contributed by atoms with Crippen LogP contribution in [0.25, 0.3) is 0 Å². The number of aliphatic hydroxyl groups is 1. The van der Waals surface area contributed by atoms with E-state index in [-0.39, 0.29) is 11.5 Å². The Bertz CT molecular complexity index is 415. The number of aryl methyl sites for hydroxylation is 1. The van der Waals surface area contributed by atoms with Crippen LogP contribution in [0.1, 0.15) is 30.6 Å². The van der Waals surface area contributed by atoms with E-state index >= 15 is 0 Å². The molecule has 0 spiro atoms. The second-order valence-corrected chi connectivity index (χ2v) is 3.76. The van der Waals surface area contributed by atoms with E-state index in [1.165, 1.54) is 13.0 Å². The molecule has 0 bridgehead atoms. The fraction of sp³-hybridized carbons (Fsp3) is 0.364. The molecule has 0 saturated heterocycles. The Balaban J connectivity index is 2.46. The minimum Gasteiger partial charge on any atom is -0.389 e. The molecular weight excluding hydrogens is 197 g/mol. The molecule has 0 fully saturated rings. The Morgan fingerprint density at radius 3 is 2.87 bits per heavy atom. The number of amides is 1. The van der Waals surface area contributed by atoms with E-state index in [2.05, 4.69) is 5.32 Å². The lowest BCUT2D eigenvalue weighted by Crippen LogP contribution is -2.19. The first-order valence-corrected chi connectivity index (χ1v) is 4.88. The van der Waals surface area contributed by atoms with Gasteiger partial charge in [-0.2, -0.15) is 0 Å². The summed E-state index contributed by atoms with van der Waals surface area (Å²) in [7, 11) is 0. The number of aliphatic hydroxyl groups excluding tert-OH is 1. The quantitative estimate of drug-likeness (QED) is 0.740. The summed E-state index contributed by atoms with van der Waals surface area (Å²) >= 11 is 0. The maximum Gasteiger partial charge on any atom is 0.224 e. The van der Waals surface area contributed by atoms with Crippen molar-refractivity contribution >= 4 is 11.6 Å². The molecule has 0 aromatic heterocycles. The van der Waals surface area contributed by atoms with E-state index in [0.29, 0.717) is 18.5 Å². The molecule has 0 radical (unpaired) electrons. The molecule has 1 heterocycles. The van der Waals surface area contributed by atoms with Crippen molar-refractivity contribution in [2.24, 2.45) is 0 Å². The Kier molecular flexibility index (Phi) is 2.44. The van der Waals surface area contributed by atoms with Gasteiger partial charge in [0.1, 0.15) is 5.82 Å². The number of benzene rings is 1. The third kappa shape index (κ3) is 1.85. The topological polar surface area (TPSA) is 49.3 Å². The second-order valence-electron chi connectivity index (χ2n) is 3.76. The van der Waals surface area contributed by atoms with Crippen molar-refractivity contribution < 1.29 is 14.3 Å². The summed E-state index contributed by atoms with van der Waals surface area (Å²) in [6, 6.07) is 2.89. The summed E-state index contributed by atoms with van der Waals surface area (Å²) in [6.45, 7) is 1.52. The van der Waals surface area contributed by atoms with Crippen LogP contribution >= 0.6 is 0 Å². The molecule has 1 aliphatic heterocycles. The number of fused-ring (bicyclic) bond motifs is 1. The van der Waals surface area contributed by atoms with Gasteiger partial charge in [0.05, 0.1) is 6.10 Å². The lowest BCUT2D eigenvalue weighted by molar-refractivity contribution is -0.116. The third-order valence-electron chi connectivity index (χ3n) is 2.57. The molecule has 80 valence electrons. The van der Waals surface area contributed by atoms with Gasteiger partial charge < -0.3 is 10.4 Å². The van der Waals surface area contributed by atoms with Gasteiger partial charge in [0.2, 0.25) is 5.91 Å². The number of nitrogens with one attached hydrogen (secondary N) is 1. The lowest BCUT2D eigenvalue weighted by atomic mass is 9.98. The number of hydrogen-bond donors (Lipinski definition) is 2. The van der Waals surface area contributed by atoms with Crippen molar-refractivity contribution in [3.8, 4) is 0 Å². The second kappa shape index (κ2) is 3.62. The van der Waals surface area contributed by atoms with Crippen molar-refractivity contribution in [1.29, 1.82) is 0 Å². The van der Waals surface area contributed by atoms with Crippen LogP contribution in [0.2, 0.25) is 0 Å². The van der Waals surface area contributed by atoms with Crippen molar-refractivity contribution in [3.05, 3.63) is 29.1 Å². The van der Waals surface area contributed by atoms with Crippen molar-refractivity contribution in [3.63, 3.8) is 0 Å². The maximum absolute atomic E-state index is 13.4. The van der Waals surface area contributed by atoms with E-state index in [0.717, 1.165) is 5.56 Å². The number of carbonyl (C=O) groups is 1. The van der Waals surface area contributed by atoms with Crippen LogP contribution in [0, 0.1) is 5.82 Å². The van der Waals surface area contributed by atoms with Crippen LogP contribution in [0.3, 0.4) is 0 Å². The molecule has 15 heavy (non-hydrogen) atoms. The zero-order chi connectivity index (χ0) is 11.0. The molecule has 0 aliphatic carbocycles. The van der Waals surface area contributed by atoms with Gasteiger partial charge in [0.15, 0.2) is 0 Å². The van der Waals surface area contributed by atoms with Gasteiger partial charge in [-0.1, -0.05) is 0 Å². The molecule has 1 atom stereocenters. The van der Waals surface area contributed by atoms with Crippen LogP contribution in [-0.4, -0.2) is 11.0 Å². The third-order valence-corrected chi connectivity index (χ3v) is 2.57. The van der Waals surface area contributed by atoms with Gasteiger partial charge >= 0.3 is 0 Å². The highest BCUT2D eigenvalue weighted by atomic mass is 19.1. The largest absolute Gasteiger partial charge is 0.389 e. The Morgan fingerprint density at radius 2 is 2.20 bits per heavy atom. The van der Waals surface area contributed by atoms with Crippen LogP contribution < -0.4 is 5.32 Å². The predicted octanol–water partition coefficient (Wildman–Crippen LogP) is 1.76. The average molecular weight is 209 g/mol. The average Bonchev–Trinajstić information content (AvgIpc) is 2.15. The monoisotopic (exact) mass is 209 g/mol. The van der Waals surface area contributed by atoms with Gasteiger partial charge in [-0.15, -0.1) is 0 Å². The van der Waals surface area contributed by atoms with Crippen LogP contribution in [0.15, 0.2) is 12.1 Å². The molecular formula is C11H12FNO2. The highest BCUT2D eigenvalue weighted by Crippen LogP contribution is 2.28. The summed E-state index contributed by atoms with van der Waals surface area (Å²) < 4.78 is 13.4. The van der Waals surface area contributed by atoms with E-state index in [4.69, 9.17) is 0 Å². The minimum absolute atomic E-state index is 0.0910. The molecule has 0 saturated carbocycles. The number of carbonyl (C=O) groups excluding carboxylic acids is 1. The van der Waals surface area contributed by atoms with Crippen molar-refractivity contribution in [2.45, 2.75) is 25.9 Å². The number of rotatable bonds is 1. The standard InChI is InChI=1S/C11H12FNO2/c1-6(14)8-4-7-2-3-11(15)13-10(7)5-9(8)12/h4-6,14H,2-3H2,1H3,(H,13,15)/t6-/m0/s1. The van der Waals surface area contributed by atoms with Gasteiger partial charge in [-0.3, -0.25) is 4.79 Å². The summed E-state index contributed by atoms with van der Waals surface area (Å²) in [5.74, 6) is -0.572. The first-order chi connectivity index (χ1) is 7.08. The lowest BCUT2D eigenvalue weighted by Gasteiger charge is -2.19. The van der Waals surface area contributed by atoms with Gasteiger partial charge in [-0.05, 0) is 31.0 Å². The Morgan fingerprint density at radius 1 is 1.47 bits per heavy atom. The molecule has 2 N–H and O–H groups in total. The fourth-order valence-corrected chi connectivity index (χ4v) is 1.74. The van der Waals surface area contributed by atoms with E-state index in [1.54, 1.807) is 6.07 Å². The molecule has 1 aromatic rings. The minimum atomic E-state index is -0.826. The zero-order valence-electron chi connectivity index (χ0n) is 8.38. The Hall–Kier alpha value is -1.42. The van der Waals surface area contributed by atoms with E-state index in [1.807, 2.05) is 0 Å². The van der Waals surface area contributed by atoms with Crippen LogP contribution in [-0.2, 0) is 11.2 Å². The summed E-state index contributed by atoms with van der Waals surface area (Å²) in [4.78, 5) is 11.1. The number of anilines is 1. The molecule has 1 amide bonds. The van der Waals surface area contributed by atoms with Crippen molar-refractivity contribution in [2.75, 3.05) is 5.32 Å². The van der Waals surface area contributed by atoms with Crippen molar-refractivity contribution in [1.82, 2.24) is 0 Å². The highest BCUT2D eigenvalue weighted by Gasteiger charge is 2.18. The maximum atomic E-state index is 13.4. The summed E-state index contributed by atoms with van der Waals surface area (Å²) in [6.07, 6.45) is 0.187. The van der Waals surface area contributed by atoms with Gasteiger partial charge in [0.25, 0.3) is 0 Å². The molecule has 1 aromatic carbocycles. The molecule has 0 unspecified atom stereocenters. The smallest absolute Gasteiger partial charge is 0.224 e. The van der Waals surface area contributed by atoms with Crippen LogP contribution in [0.4, 0.5) is 10.1 Å². The predicted molar refractivity (Wildman–Crippen MR) is 54.0 cm³/mol. The van der Waals surface area contributed by atoms with E-state index in [9.17, 15) is 14.3 Å². The molecule has 3 nitrogen and oxygen atoms in total. The molecule has 2 rings (SSSR count). The normalized spacial score (nSPS) is 16.9. The fourth-order valence-electron chi connectivity index (χ4n) is 1.74. The first-order valence-electron chi connectivity index (χ1n) is 4.88. The Labute approximate surface area is 86.9 Å². The number of hydrogen-bond acceptors (Lipinski definition) is 2. The molecule has 4 heteroatoms. The van der Waals surface area contributed by atoms with E-state index < -0.39 is 11.9 Å². The van der Waals surface area contributed by atoms with Gasteiger partial charge in [-0.25, -0.2) is 4.39 Å².